The van der Waals surface area contributed by atoms with Crippen molar-refractivity contribution in [2.75, 3.05) is 13.6 Å². The SMILES string of the molecule is CCc1ccc(CN(C(=O)CCNC)C2CC2)cc1. The average molecular weight is 260 g/mol. The van der Waals surface area contributed by atoms with Gasteiger partial charge in [-0.05, 0) is 37.4 Å². The smallest absolute Gasteiger partial charge is 0.224 e. The fraction of sp³-hybridized carbons (Fsp3) is 0.562. The monoisotopic (exact) mass is 260 g/mol. The summed E-state index contributed by atoms with van der Waals surface area (Å²) in [6, 6.07) is 9.12. The molecule has 1 aliphatic rings. The van der Waals surface area contributed by atoms with Gasteiger partial charge in [0.2, 0.25) is 5.91 Å². The summed E-state index contributed by atoms with van der Waals surface area (Å²) in [4.78, 5) is 14.3. The summed E-state index contributed by atoms with van der Waals surface area (Å²) in [6.07, 6.45) is 3.99. The number of hydrogen-bond donors (Lipinski definition) is 1. The maximum absolute atomic E-state index is 12.2. The molecule has 1 N–H and O–H groups in total. The highest BCUT2D eigenvalue weighted by molar-refractivity contribution is 5.77. The van der Waals surface area contributed by atoms with E-state index in [1.807, 2.05) is 7.05 Å². The average Bonchev–Trinajstić information content (AvgIpc) is 3.27. The van der Waals surface area contributed by atoms with Crippen LogP contribution < -0.4 is 5.32 Å². The summed E-state index contributed by atoms with van der Waals surface area (Å²) < 4.78 is 0. The van der Waals surface area contributed by atoms with Crippen LogP contribution in [0.4, 0.5) is 0 Å². The number of amides is 1. The van der Waals surface area contributed by atoms with Gasteiger partial charge < -0.3 is 10.2 Å². The van der Waals surface area contributed by atoms with Crippen molar-refractivity contribution in [1.82, 2.24) is 10.2 Å². The first kappa shape index (κ1) is 14.1. The Hall–Kier alpha value is -1.35. The molecule has 0 heterocycles. The molecule has 0 saturated heterocycles. The van der Waals surface area contributed by atoms with E-state index in [9.17, 15) is 4.79 Å². The number of nitrogens with zero attached hydrogens (tertiary/aromatic N) is 1. The maximum Gasteiger partial charge on any atom is 0.224 e. The fourth-order valence-corrected chi connectivity index (χ4v) is 2.26. The van der Waals surface area contributed by atoms with Gasteiger partial charge in [-0.1, -0.05) is 31.2 Å². The summed E-state index contributed by atoms with van der Waals surface area (Å²) in [7, 11) is 1.89. The van der Waals surface area contributed by atoms with Crippen LogP contribution in [0.5, 0.6) is 0 Å². The molecule has 19 heavy (non-hydrogen) atoms. The van der Waals surface area contributed by atoms with E-state index in [2.05, 4.69) is 41.4 Å². The van der Waals surface area contributed by atoms with E-state index in [0.29, 0.717) is 12.5 Å². The van der Waals surface area contributed by atoms with Crippen LogP contribution in [0.3, 0.4) is 0 Å². The Kier molecular flexibility index (Phi) is 4.97. The van der Waals surface area contributed by atoms with E-state index in [1.165, 1.54) is 24.0 Å². The highest BCUT2D eigenvalue weighted by Crippen LogP contribution is 2.29. The second kappa shape index (κ2) is 6.71. The van der Waals surface area contributed by atoms with Gasteiger partial charge in [0.05, 0.1) is 0 Å². The highest BCUT2D eigenvalue weighted by atomic mass is 16.2. The Bertz CT molecular complexity index is 409. The molecule has 1 fully saturated rings. The van der Waals surface area contributed by atoms with Gasteiger partial charge in [-0.2, -0.15) is 0 Å². The summed E-state index contributed by atoms with van der Waals surface area (Å²) in [5, 5.41) is 3.04. The lowest BCUT2D eigenvalue weighted by molar-refractivity contribution is -0.132. The van der Waals surface area contributed by atoms with Crippen LogP contribution in [0.25, 0.3) is 0 Å². The molecule has 0 aromatic heterocycles. The van der Waals surface area contributed by atoms with Crippen molar-refractivity contribution in [2.24, 2.45) is 0 Å². The third kappa shape index (κ3) is 4.06. The number of nitrogens with one attached hydrogen (secondary N) is 1. The van der Waals surface area contributed by atoms with Crippen LogP contribution in [0.15, 0.2) is 24.3 Å². The lowest BCUT2D eigenvalue weighted by Crippen LogP contribution is -2.34. The van der Waals surface area contributed by atoms with E-state index >= 15 is 0 Å². The molecular weight excluding hydrogens is 236 g/mol. The standard InChI is InChI=1S/C16H24N2O/c1-3-13-4-6-14(7-5-13)12-18(15-8-9-15)16(19)10-11-17-2/h4-7,15,17H,3,8-12H2,1-2H3. The number of carbonyl (C=O) groups is 1. The summed E-state index contributed by atoms with van der Waals surface area (Å²) >= 11 is 0. The molecule has 0 aliphatic heterocycles. The van der Waals surface area contributed by atoms with E-state index in [1.54, 1.807) is 0 Å². The van der Waals surface area contributed by atoms with Crippen molar-refractivity contribution in [3.63, 3.8) is 0 Å². The zero-order chi connectivity index (χ0) is 13.7. The normalized spacial score (nSPS) is 14.4. The summed E-state index contributed by atoms with van der Waals surface area (Å²) in [5.41, 5.74) is 2.59. The molecule has 2 rings (SSSR count). The first-order valence-electron chi connectivity index (χ1n) is 7.26. The number of hydrogen-bond acceptors (Lipinski definition) is 2. The molecule has 1 saturated carbocycles. The Morgan fingerprint density at radius 2 is 1.89 bits per heavy atom. The molecule has 0 bridgehead atoms. The largest absolute Gasteiger partial charge is 0.335 e. The number of aryl methyl sites for hydroxylation is 1. The second-order valence-electron chi connectivity index (χ2n) is 5.28. The summed E-state index contributed by atoms with van der Waals surface area (Å²) in [5.74, 6) is 0.274. The van der Waals surface area contributed by atoms with Gasteiger partial charge >= 0.3 is 0 Å². The van der Waals surface area contributed by atoms with Gasteiger partial charge in [0.15, 0.2) is 0 Å². The zero-order valence-electron chi connectivity index (χ0n) is 12.0. The van der Waals surface area contributed by atoms with Crippen LogP contribution in [0.2, 0.25) is 0 Å². The van der Waals surface area contributed by atoms with Crippen molar-refractivity contribution in [2.45, 2.75) is 45.2 Å². The first-order valence-corrected chi connectivity index (χ1v) is 7.26. The van der Waals surface area contributed by atoms with Crippen LogP contribution in [0.1, 0.15) is 37.3 Å². The van der Waals surface area contributed by atoms with Gasteiger partial charge in [-0.3, -0.25) is 4.79 Å². The minimum absolute atomic E-state index is 0.274. The minimum atomic E-state index is 0.274. The Morgan fingerprint density at radius 3 is 2.42 bits per heavy atom. The lowest BCUT2D eigenvalue weighted by atomic mass is 10.1. The zero-order valence-corrected chi connectivity index (χ0v) is 12.0. The van der Waals surface area contributed by atoms with Crippen molar-refractivity contribution in [3.05, 3.63) is 35.4 Å². The molecule has 0 atom stereocenters. The minimum Gasteiger partial charge on any atom is -0.335 e. The van der Waals surface area contributed by atoms with Gasteiger partial charge in [-0.15, -0.1) is 0 Å². The predicted molar refractivity (Wildman–Crippen MR) is 77.9 cm³/mol. The summed E-state index contributed by atoms with van der Waals surface area (Å²) in [6.45, 7) is 3.68. The molecule has 1 aliphatic carbocycles. The molecule has 0 spiro atoms. The number of benzene rings is 1. The number of carbonyl (C=O) groups excluding carboxylic acids is 1. The molecule has 1 aromatic rings. The molecule has 0 radical (unpaired) electrons. The number of rotatable bonds is 7. The molecule has 0 unspecified atom stereocenters. The van der Waals surface area contributed by atoms with Crippen LogP contribution in [-0.2, 0) is 17.8 Å². The lowest BCUT2D eigenvalue weighted by Gasteiger charge is -2.22. The molecule has 104 valence electrons. The van der Waals surface area contributed by atoms with Gasteiger partial charge in [0, 0.05) is 25.6 Å². The first-order chi connectivity index (χ1) is 9.24. The van der Waals surface area contributed by atoms with E-state index in [4.69, 9.17) is 0 Å². The third-order valence-corrected chi connectivity index (χ3v) is 3.68. The second-order valence-corrected chi connectivity index (χ2v) is 5.28. The molecule has 1 aromatic carbocycles. The third-order valence-electron chi connectivity index (χ3n) is 3.68. The van der Waals surface area contributed by atoms with Gasteiger partial charge in [-0.25, -0.2) is 0 Å². The van der Waals surface area contributed by atoms with Crippen LogP contribution in [-0.4, -0.2) is 30.4 Å². The Labute approximate surface area is 116 Å². The van der Waals surface area contributed by atoms with Crippen molar-refractivity contribution >= 4 is 5.91 Å². The quantitative estimate of drug-likeness (QED) is 0.816. The highest BCUT2D eigenvalue weighted by Gasteiger charge is 2.31. The molecule has 1 amide bonds. The van der Waals surface area contributed by atoms with Gasteiger partial charge in [0.25, 0.3) is 0 Å². The Morgan fingerprint density at radius 1 is 1.26 bits per heavy atom. The molecular formula is C16H24N2O. The maximum atomic E-state index is 12.2. The van der Waals surface area contributed by atoms with E-state index in [-0.39, 0.29) is 5.91 Å². The molecule has 3 nitrogen and oxygen atoms in total. The topological polar surface area (TPSA) is 32.3 Å². The Balaban J connectivity index is 1.97. The van der Waals surface area contributed by atoms with E-state index < -0.39 is 0 Å². The van der Waals surface area contributed by atoms with Crippen molar-refractivity contribution in [3.8, 4) is 0 Å². The predicted octanol–water partition coefficient (Wildman–Crippen LogP) is 2.35. The fourth-order valence-electron chi connectivity index (χ4n) is 2.26. The molecule has 3 heteroatoms. The van der Waals surface area contributed by atoms with Crippen LogP contribution >= 0.6 is 0 Å². The van der Waals surface area contributed by atoms with Crippen molar-refractivity contribution in [1.29, 1.82) is 0 Å². The van der Waals surface area contributed by atoms with Crippen molar-refractivity contribution < 1.29 is 4.79 Å². The van der Waals surface area contributed by atoms with Gasteiger partial charge in [0.1, 0.15) is 0 Å². The van der Waals surface area contributed by atoms with Crippen LogP contribution in [0, 0.1) is 0 Å². The van der Waals surface area contributed by atoms with E-state index in [0.717, 1.165) is 19.5 Å².